The van der Waals surface area contributed by atoms with Crippen molar-refractivity contribution in [2.75, 3.05) is 37.7 Å². The molecule has 6 heteroatoms. The molecule has 1 N–H and O–H groups in total. The van der Waals surface area contributed by atoms with Crippen LogP contribution < -0.4 is 9.80 Å². The molecular formula is C21H23ClN3O2+. The maximum absolute atomic E-state index is 13.4. The summed E-state index contributed by atoms with van der Waals surface area (Å²) < 4.78 is 5.46. The van der Waals surface area contributed by atoms with Gasteiger partial charge in [0.2, 0.25) is 0 Å². The van der Waals surface area contributed by atoms with Crippen LogP contribution in [0.2, 0.25) is 5.02 Å². The highest BCUT2D eigenvalue weighted by atomic mass is 35.5. The highest BCUT2D eigenvalue weighted by Crippen LogP contribution is 2.40. The number of hydrogen-bond donors (Lipinski definition) is 1. The zero-order valence-electron chi connectivity index (χ0n) is 15.3. The summed E-state index contributed by atoms with van der Waals surface area (Å²) in [5.74, 6) is 0.721. The first-order valence-electron chi connectivity index (χ1n) is 9.26. The van der Waals surface area contributed by atoms with Crippen LogP contribution in [0.5, 0.6) is 0 Å². The second-order valence-corrected chi connectivity index (χ2v) is 7.45. The van der Waals surface area contributed by atoms with Gasteiger partial charge < -0.3 is 9.64 Å². The van der Waals surface area contributed by atoms with Crippen LogP contribution in [0.15, 0.2) is 59.8 Å². The van der Waals surface area contributed by atoms with Gasteiger partial charge in [0.05, 0.1) is 24.8 Å². The molecule has 1 saturated heterocycles. The predicted octanol–water partition coefficient (Wildman–Crippen LogP) is 2.05. The molecule has 0 radical (unpaired) electrons. The standard InChI is InChI=1S/C21H22ClN3O2/c1-15-18(14-24-10-12-27-13-11-24)21(26)25(19-4-2-3-9-23-19)20(15)16-5-7-17(22)8-6-16/h2-9,20H,10-14H2,1H3/p+1/t20-/m0/s1. The summed E-state index contributed by atoms with van der Waals surface area (Å²) in [5, 5.41) is 0.687. The number of carbonyl (C=O) groups excluding carboxylic acids is 1. The van der Waals surface area contributed by atoms with Crippen molar-refractivity contribution >= 4 is 23.3 Å². The molecule has 1 fully saturated rings. The van der Waals surface area contributed by atoms with Crippen molar-refractivity contribution in [2.24, 2.45) is 0 Å². The Morgan fingerprint density at radius 3 is 2.59 bits per heavy atom. The lowest BCUT2D eigenvalue weighted by atomic mass is 9.98. The molecule has 140 valence electrons. The number of pyridine rings is 1. The Hall–Kier alpha value is -2.21. The molecule has 2 aromatic rings. The summed E-state index contributed by atoms with van der Waals surface area (Å²) in [4.78, 5) is 21.0. The van der Waals surface area contributed by atoms with Gasteiger partial charge in [-0.15, -0.1) is 0 Å². The van der Waals surface area contributed by atoms with Crippen LogP contribution in [-0.4, -0.2) is 43.7 Å². The molecule has 0 spiro atoms. The number of nitrogens with one attached hydrogen (secondary N) is 1. The molecule has 1 aromatic carbocycles. The molecule has 0 saturated carbocycles. The number of carbonyl (C=O) groups is 1. The van der Waals surface area contributed by atoms with Crippen LogP contribution in [0.3, 0.4) is 0 Å². The minimum Gasteiger partial charge on any atom is -0.370 e. The molecule has 3 heterocycles. The molecule has 1 atom stereocenters. The fourth-order valence-corrected chi connectivity index (χ4v) is 3.99. The number of benzene rings is 1. The van der Waals surface area contributed by atoms with Crippen molar-refractivity contribution in [1.29, 1.82) is 0 Å². The van der Waals surface area contributed by atoms with Gasteiger partial charge in [-0.2, -0.15) is 0 Å². The third kappa shape index (κ3) is 3.63. The zero-order chi connectivity index (χ0) is 18.8. The fraction of sp³-hybridized carbons (Fsp3) is 0.333. The smallest absolute Gasteiger partial charge is 0.261 e. The van der Waals surface area contributed by atoms with E-state index >= 15 is 0 Å². The lowest BCUT2D eigenvalue weighted by Crippen LogP contribution is -3.14. The third-order valence-corrected chi connectivity index (χ3v) is 5.58. The van der Waals surface area contributed by atoms with Crippen LogP contribution in [-0.2, 0) is 9.53 Å². The Bertz CT molecular complexity index is 845. The third-order valence-electron chi connectivity index (χ3n) is 5.33. The first kappa shape index (κ1) is 18.2. The van der Waals surface area contributed by atoms with Crippen molar-refractivity contribution in [3.63, 3.8) is 0 Å². The summed E-state index contributed by atoms with van der Waals surface area (Å²) in [6, 6.07) is 13.2. The van der Waals surface area contributed by atoms with E-state index in [1.807, 2.05) is 47.4 Å². The molecule has 5 nitrogen and oxygen atoms in total. The van der Waals surface area contributed by atoms with Crippen molar-refractivity contribution in [3.8, 4) is 0 Å². The molecule has 2 aliphatic heterocycles. The Kier molecular flexibility index (Phi) is 5.25. The number of nitrogens with zero attached hydrogens (tertiary/aromatic N) is 2. The van der Waals surface area contributed by atoms with Crippen LogP contribution in [0.1, 0.15) is 18.5 Å². The number of rotatable bonds is 4. The predicted molar refractivity (Wildman–Crippen MR) is 105 cm³/mol. The van der Waals surface area contributed by atoms with Crippen LogP contribution in [0, 0.1) is 0 Å². The summed E-state index contributed by atoms with van der Waals surface area (Å²) in [5.41, 5.74) is 3.02. The highest BCUT2D eigenvalue weighted by molar-refractivity contribution is 6.30. The van der Waals surface area contributed by atoms with Crippen LogP contribution in [0.4, 0.5) is 5.82 Å². The van der Waals surface area contributed by atoms with E-state index in [1.54, 1.807) is 6.20 Å². The molecule has 27 heavy (non-hydrogen) atoms. The van der Waals surface area contributed by atoms with E-state index in [0.29, 0.717) is 10.8 Å². The van der Waals surface area contributed by atoms with Gasteiger partial charge in [0.1, 0.15) is 25.5 Å². The first-order valence-corrected chi connectivity index (χ1v) is 9.64. The van der Waals surface area contributed by atoms with Gasteiger partial charge in [-0.3, -0.25) is 9.69 Å². The van der Waals surface area contributed by atoms with Gasteiger partial charge in [-0.05, 0) is 42.3 Å². The van der Waals surface area contributed by atoms with Gasteiger partial charge in [0.25, 0.3) is 5.91 Å². The molecular weight excluding hydrogens is 362 g/mol. The normalized spacial score (nSPS) is 21.2. The van der Waals surface area contributed by atoms with Crippen LogP contribution >= 0.6 is 11.6 Å². The monoisotopic (exact) mass is 384 g/mol. The number of quaternary nitrogens is 1. The summed E-state index contributed by atoms with van der Waals surface area (Å²) in [6.45, 7) is 6.15. The average molecular weight is 385 g/mol. The van der Waals surface area contributed by atoms with E-state index in [1.165, 1.54) is 4.90 Å². The Labute approximate surface area is 164 Å². The lowest BCUT2D eigenvalue weighted by molar-refractivity contribution is -0.902. The summed E-state index contributed by atoms with van der Waals surface area (Å²) >= 11 is 6.07. The number of morpholine rings is 1. The van der Waals surface area contributed by atoms with Gasteiger partial charge >= 0.3 is 0 Å². The SMILES string of the molecule is CC1=C(C[NH+]2CCOCC2)C(=O)N(c2ccccn2)[C@@H]1c1ccc(Cl)cc1. The summed E-state index contributed by atoms with van der Waals surface area (Å²) in [7, 11) is 0. The van der Waals surface area contributed by atoms with Gasteiger partial charge in [0, 0.05) is 11.2 Å². The number of amides is 1. The number of ether oxygens (including phenoxy) is 1. The minimum absolute atomic E-state index is 0.0464. The van der Waals surface area contributed by atoms with Crippen molar-refractivity contribution in [3.05, 3.63) is 70.4 Å². The number of halogens is 1. The number of anilines is 1. The molecule has 0 aliphatic carbocycles. The molecule has 1 aromatic heterocycles. The van der Waals surface area contributed by atoms with Gasteiger partial charge in [0.15, 0.2) is 0 Å². The molecule has 2 aliphatic rings. The molecule has 0 unspecified atom stereocenters. The minimum atomic E-state index is -0.153. The molecule has 4 rings (SSSR count). The fourth-order valence-electron chi connectivity index (χ4n) is 3.87. The molecule has 0 bridgehead atoms. The van der Waals surface area contributed by atoms with E-state index in [-0.39, 0.29) is 11.9 Å². The van der Waals surface area contributed by atoms with Crippen molar-refractivity contribution in [2.45, 2.75) is 13.0 Å². The van der Waals surface area contributed by atoms with Gasteiger partial charge in [-0.25, -0.2) is 4.98 Å². The van der Waals surface area contributed by atoms with Crippen LogP contribution in [0.25, 0.3) is 0 Å². The number of aromatic nitrogens is 1. The quantitative estimate of drug-likeness (QED) is 0.877. The number of hydrogen-bond acceptors (Lipinski definition) is 3. The summed E-state index contributed by atoms with van der Waals surface area (Å²) in [6.07, 6.45) is 1.72. The Balaban J connectivity index is 1.72. The van der Waals surface area contributed by atoms with E-state index in [9.17, 15) is 4.79 Å². The van der Waals surface area contributed by atoms with Gasteiger partial charge in [-0.1, -0.05) is 29.8 Å². The Morgan fingerprint density at radius 2 is 1.93 bits per heavy atom. The van der Waals surface area contributed by atoms with E-state index in [0.717, 1.165) is 49.6 Å². The average Bonchev–Trinajstić information content (AvgIpc) is 2.95. The van der Waals surface area contributed by atoms with Crippen molar-refractivity contribution in [1.82, 2.24) is 4.98 Å². The maximum atomic E-state index is 13.4. The second-order valence-electron chi connectivity index (χ2n) is 7.02. The zero-order valence-corrected chi connectivity index (χ0v) is 16.1. The first-order chi connectivity index (χ1) is 13.1. The largest absolute Gasteiger partial charge is 0.370 e. The van der Waals surface area contributed by atoms with E-state index in [4.69, 9.17) is 16.3 Å². The van der Waals surface area contributed by atoms with Crippen molar-refractivity contribution < 1.29 is 14.4 Å². The van der Waals surface area contributed by atoms with E-state index in [2.05, 4.69) is 11.9 Å². The van der Waals surface area contributed by atoms with E-state index < -0.39 is 0 Å². The second kappa shape index (κ2) is 7.80. The maximum Gasteiger partial charge on any atom is 0.261 e. The topological polar surface area (TPSA) is 46.9 Å². The Morgan fingerprint density at radius 1 is 1.19 bits per heavy atom. The molecule has 1 amide bonds. The lowest BCUT2D eigenvalue weighted by Gasteiger charge is -2.26. The highest BCUT2D eigenvalue weighted by Gasteiger charge is 2.41.